The molecule has 4 rings (SSSR count). The van der Waals surface area contributed by atoms with Crippen LogP contribution < -0.4 is 9.47 Å². The number of rotatable bonds is 10. The predicted octanol–water partition coefficient (Wildman–Crippen LogP) is 10.1. The van der Waals surface area contributed by atoms with E-state index in [1.54, 1.807) is 0 Å². The standard InChI is InChI=1S/C32H32Cl6O8/c1-5-15-7-9-31(15,3)13-43-27(39)21-23(37)17(33)11-19(35)25(21)45-29(41)30(42)46-26-20(36)12-18(34)24(38)22(26)28(40)44-14-32(4)10-8-16(32)6-2/h11-12,15-16H,5-10,13-14H2,1-4H3. The van der Waals surface area contributed by atoms with Gasteiger partial charge < -0.3 is 18.9 Å². The zero-order valence-electron chi connectivity index (χ0n) is 25.5. The van der Waals surface area contributed by atoms with Gasteiger partial charge in [0.15, 0.2) is 11.5 Å². The molecule has 2 aliphatic carbocycles. The lowest BCUT2D eigenvalue weighted by atomic mass is 9.61. The number of esters is 4. The van der Waals surface area contributed by atoms with Crippen molar-refractivity contribution in [3.05, 3.63) is 53.4 Å². The molecule has 46 heavy (non-hydrogen) atoms. The highest BCUT2D eigenvalue weighted by atomic mass is 35.5. The van der Waals surface area contributed by atoms with E-state index in [0.29, 0.717) is 11.8 Å². The SMILES string of the molecule is CCC1CCC1(C)COC(=O)c1c(Cl)c(Cl)cc(Cl)c1OC(=O)C(=O)Oc1c(Cl)cc(Cl)c(Cl)c1C(=O)OCC1(C)CCC1CC. The first-order valence-corrected chi connectivity index (χ1v) is 17.0. The molecule has 0 bridgehead atoms. The van der Waals surface area contributed by atoms with E-state index in [9.17, 15) is 19.2 Å². The van der Waals surface area contributed by atoms with Crippen molar-refractivity contribution in [3.63, 3.8) is 0 Å². The molecule has 4 atom stereocenters. The Bertz CT molecular complexity index is 1460. The highest BCUT2D eigenvalue weighted by Crippen LogP contribution is 2.50. The Hall–Kier alpha value is -1.94. The molecule has 0 aliphatic heterocycles. The summed E-state index contributed by atoms with van der Waals surface area (Å²) < 4.78 is 21.5. The smallest absolute Gasteiger partial charge is 0.423 e. The molecule has 14 heteroatoms. The minimum Gasteiger partial charge on any atom is -0.461 e. The van der Waals surface area contributed by atoms with Gasteiger partial charge in [-0.15, -0.1) is 0 Å². The third kappa shape index (κ3) is 7.37. The van der Waals surface area contributed by atoms with Gasteiger partial charge >= 0.3 is 23.9 Å². The minimum atomic E-state index is -1.64. The van der Waals surface area contributed by atoms with Gasteiger partial charge in [-0.05, 0) is 49.7 Å². The van der Waals surface area contributed by atoms with E-state index in [0.717, 1.165) is 50.7 Å². The van der Waals surface area contributed by atoms with Crippen molar-refractivity contribution in [2.75, 3.05) is 13.2 Å². The van der Waals surface area contributed by atoms with Crippen molar-refractivity contribution in [2.24, 2.45) is 22.7 Å². The molecule has 0 spiro atoms. The van der Waals surface area contributed by atoms with Gasteiger partial charge in [0, 0.05) is 10.8 Å². The lowest BCUT2D eigenvalue weighted by Gasteiger charge is -2.46. The molecule has 2 aromatic rings. The summed E-state index contributed by atoms with van der Waals surface area (Å²) in [6.07, 6.45) is 5.60. The van der Waals surface area contributed by atoms with Crippen LogP contribution in [0.2, 0.25) is 30.1 Å². The van der Waals surface area contributed by atoms with Gasteiger partial charge in [-0.2, -0.15) is 0 Å². The molecule has 0 radical (unpaired) electrons. The number of benzene rings is 2. The maximum Gasteiger partial charge on any atom is 0.423 e. The van der Waals surface area contributed by atoms with E-state index in [1.165, 1.54) is 0 Å². The lowest BCUT2D eigenvalue weighted by molar-refractivity contribution is -0.156. The maximum absolute atomic E-state index is 13.2. The number of hydrogen-bond acceptors (Lipinski definition) is 8. The van der Waals surface area contributed by atoms with Crippen LogP contribution in [-0.2, 0) is 19.1 Å². The monoisotopic (exact) mass is 754 g/mol. The van der Waals surface area contributed by atoms with Gasteiger partial charge in [-0.1, -0.05) is 110 Å². The molecule has 250 valence electrons. The van der Waals surface area contributed by atoms with E-state index in [1.807, 2.05) is 13.8 Å². The van der Waals surface area contributed by atoms with Crippen LogP contribution in [0.1, 0.15) is 86.9 Å². The van der Waals surface area contributed by atoms with Gasteiger partial charge in [0.05, 0.1) is 43.3 Å². The molecule has 8 nitrogen and oxygen atoms in total. The summed E-state index contributed by atoms with van der Waals surface area (Å²) in [5.41, 5.74) is -1.37. The van der Waals surface area contributed by atoms with Crippen molar-refractivity contribution >= 4 is 93.5 Å². The van der Waals surface area contributed by atoms with Crippen molar-refractivity contribution in [2.45, 2.75) is 66.2 Å². The highest BCUT2D eigenvalue weighted by molar-refractivity contribution is 6.47. The van der Waals surface area contributed by atoms with Crippen LogP contribution in [0.4, 0.5) is 0 Å². The first-order chi connectivity index (χ1) is 21.6. The summed E-state index contributed by atoms with van der Waals surface area (Å²) >= 11 is 37.5. The zero-order chi connectivity index (χ0) is 34.1. The van der Waals surface area contributed by atoms with Crippen LogP contribution in [0.15, 0.2) is 12.1 Å². The second-order valence-corrected chi connectivity index (χ2v) is 14.6. The molecule has 0 amide bonds. The second kappa shape index (κ2) is 14.7. The molecular weight excluding hydrogens is 725 g/mol. The summed E-state index contributed by atoms with van der Waals surface area (Å²) in [5, 5.41) is -1.46. The fraction of sp³-hybridized carbons (Fsp3) is 0.500. The number of carbonyl (C=O) groups excluding carboxylic acids is 4. The number of ether oxygens (including phenoxy) is 4. The van der Waals surface area contributed by atoms with Crippen LogP contribution in [0, 0.1) is 22.7 Å². The Morgan fingerprint density at radius 2 is 1.00 bits per heavy atom. The summed E-state index contributed by atoms with van der Waals surface area (Å²) in [6.45, 7) is 8.29. The van der Waals surface area contributed by atoms with Crippen LogP contribution in [0.5, 0.6) is 11.5 Å². The maximum atomic E-state index is 13.2. The zero-order valence-corrected chi connectivity index (χ0v) is 30.0. The van der Waals surface area contributed by atoms with E-state index >= 15 is 0 Å². The quantitative estimate of drug-likeness (QED) is 0.102. The third-order valence-electron chi connectivity index (χ3n) is 9.37. The van der Waals surface area contributed by atoms with Gasteiger partial charge in [0.25, 0.3) is 0 Å². The van der Waals surface area contributed by atoms with Crippen molar-refractivity contribution in [1.29, 1.82) is 0 Å². The fourth-order valence-corrected chi connectivity index (χ4v) is 7.49. The molecule has 0 N–H and O–H groups in total. The summed E-state index contributed by atoms with van der Waals surface area (Å²) in [5.74, 6) is -5.61. The molecule has 0 aromatic heterocycles. The van der Waals surface area contributed by atoms with Crippen molar-refractivity contribution in [1.82, 2.24) is 0 Å². The summed E-state index contributed by atoms with van der Waals surface area (Å²) in [6, 6.07) is 2.26. The van der Waals surface area contributed by atoms with Crippen LogP contribution in [0.25, 0.3) is 0 Å². The lowest BCUT2D eigenvalue weighted by Crippen LogP contribution is -2.41. The van der Waals surface area contributed by atoms with Gasteiger partial charge in [0.1, 0.15) is 11.1 Å². The van der Waals surface area contributed by atoms with Crippen molar-refractivity contribution < 1.29 is 38.1 Å². The minimum absolute atomic E-state index is 0.0766. The topological polar surface area (TPSA) is 105 Å². The van der Waals surface area contributed by atoms with Crippen LogP contribution in [0.3, 0.4) is 0 Å². The van der Waals surface area contributed by atoms with Gasteiger partial charge in [0.2, 0.25) is 0 Å². The van der Waals surface area contributed by atoms with E-state index in [4.69, 9.17) is 88.6 Å². The largest absolute Gasteiger partial charge is 0.461 e. The molecule has 4 unspecified atom stereocenters. The van der Waals surface area contributed by atoms with Crippen LogP contribution >= 0.6 is 69.6 Å². The Morgan fingerprint density at radius 1 is 0.652 bits per heavy atom. The average Bonchev–Trinajstić information content (AvgIpc) is 2.99. The average molecular weight is 757 g/mol. The summed E-state index contributed by atoms with van der Waals surface area (Å²) in [4.78, 5) is 52.5. The van der Waals surface area contributed by atoms with E-state index in [2.05, 4.69) is 13.8 Å². The fourth-order valence-electron chi connectivity index (χ4n) is 6.05. The predicted molar refractivity (Wildman–Crippen MR) is 177 cm³/mol. The molecule has 2 fully saturated rings. The number of halogens is 6. The number of hydrogen-bond donors (Lipinski definition) is 0. The van der Waals surface area contributed by atoms with Gasteiger partial charge in [-0.3, -0.25) is 0 Å². The Morgan fingerprint density at radius 3 is 1.28 bits per heavy atom. The second-order valence-electron chi connectivity index (χ2n) is 12.2. The van der Waals surface area contributed by atoms with E-state index < -0.39 is 46.5 Å². The first-order valence-electron chi connectivity index (χ1n) is 14.7. The Labute approximate surface area is 297 Å². The molecule has 0 heterocycles. The number of carbonyl (C=O) groups is 4. The molecule has 2 aromatic carbocycles. The van der Waals surface area contributed by atoms with E-state index in [-0.39, 0.29) is 54.2 Å². The summed E-state index contributed by atoms with van der Waals surface area (Å²) in [7, 11) is 0. The molecule has 2 saturated carbocycles. The van der Waals surface area contributed by atoms with Crippen LogP contribution in [-0.4, -0.2) is 37.1 Å². The highest BCUT2D eigenvalue weighted by Gasteiger charge is 2.44. The molecular formula is C32H32Cl6O8. The Balaban J connectivity index is 1.55. The Kier molecular flexibility index (Phi) is 11.8. The first kappa shape index (κ1) is 36.9. The van der Waals surface area contributed by atoms with Crippen molar-refractivity contribution in [3.8, 4) is 11.5 Å². The molecule has 0 saturated heterocycles. The third-order valence-corrected chi connectivity index (χ3v) is 11.5. The normalized spacial score (nSPS) is 23.5. The molecule has 2 aliphatic rings. The van der Waals surface area contributed by atoms with Gasteiger partial charge in [-0.25, -0.2) is 19.2 Å².